The second kappa shape index (κ2) is 25.0. The Labute approximate surface area is 447 Å². The summed E-state index contributed by atoms with van der Waals surface area (Å²) in [6.45, 7) is 22.5. The summed E-state index contributed by atoms with van der Waals surface area (Å²) in [6.07, 6.45) is 26.0. The van der Waals surface area contributed by atoms with Gasteiger partial charge in [-0.15, -0.1) is 0 Å². The summed E-state index contributed by atoms with van der Waals surface area (Å²) in [7, 11) is 0. The zero-order valence-electron chi connectivity index (χ0n) is 46.9. The molecule has 9 rings (SSSR count). The Morgan fingerprint density at radius 3 is 0.973 bits per heavy atom. The average Bonchev–Trinajstić information content (AvgIpc) is 4.19. The minimum absolute atomic E-state index is 0.133. The molecule has 3 aromatic rings. The van der Waals surface area contributed by atoms with E-state index in [1.807, 2.05) is 20.8 Å². The van der Waals surface area contributed by atoms with Gasteiger partial charge in [0.1, 0.15) is 17.5 Å². The van der Waals surface area contributed by atoms with Gasteiger partial charge in [0.15, 0.2) is 0 Å². The molecule has 3 saturated carbocycles. The summed E-state index contributed by atoms with van der Waals surface area (Å²) in [5.74, 6) is 5.33. The van der Waals surface area contributed by atoms with Crippen LogP contribution in [0.1, 0.15) is 193 Å². The highest BCUT2D eigenvalue weighted by Gasteiger charge is 2.46. The Bertz CT molecular complexity index is 2590. The van der Waals surface area contributed by atoms with Crippen LogP contribution in [0.5, 0.6) is 0 Å². The van der Waals surface area contributed by atoms with Crippen LogP contribution in [-0.4, -0.2) is 83.2 Å². The molecule has 0 radical (unpaired) electrons. The first-order valence-electron chi connectivity index (χ1n) is 28.5. The molecule has 0 N–H and O–H groups in total. The standard InChI is InChI=1S/C21H31N3O2.C20H29N3O2.C19H27N3O2/c1-16(2)15-23-20(8-4-5-11-21(23)12-6-7-13-21)22-19-10-9-18(24(25)26)14-17(19)3;1-15(2)14-22-19(7-6-12-20(22)10-4-5-11-20)21-18-9-8-17(23(24)25)13-16(18)3;1-14(2)13-21-18(8-11-19(21)9-4-5-10-19)20-17-7-6-16(22(23)24)12-15(17)3/h9-10,14,16H,4-8,11-13,15H2,1-3H3;8-9,13,15H,4-7,10-12,14H2,1-3H3;6-7,12,14H,4-5,8-11,13H2,1-3H3. The Balaban J connectivity index is 0.000000164. The monoisotopic (exact) mass is 1030 g/mol. The maximum Gasteiger partial charge on any atom is 0.269 e. The Morgan fingerprint density at radius 2 is 0.680 bits per heavy atom. The number of non-ortho nitro benzene ring substituents is 3. The van der Waals surface area contributed by atoms with Gasteiger partial charge in [-0.3, -0.25) is 30.3 Å². The minimum atomic E-state index is -0.349. The fourth-order valence-electron chi connectivity index (χ4n) is 13.3. The van der Waals surface area contributed by atoms with Crippen molar-refractivity contribution >= 4 is 51.6 Å². The molecule has 6 aliphatic rings. The third-order valence-electron chi connectivity index (χ3n) is 17.0. The molecule has 0 atom stereocenters. The largest absolute Gasteiger partial charge is 0.354 e. The number of rotatable bonds is 12. The first-order chi connectivity index (χ1) is 35.7. The van der Waals surface area contributed by atoms with Crippen molar-refractivity contribution in [3.63, 3.8) is 0 Å². The lowest BCUT2D eigenvalue weighted by atomic mass is 9.83. The Morgan fingerprint density at radius 1 is 0.413 bits per heavy atom. The zero-order chi connectivity index (χ0) is 54.1. The van der Waals surface area contributed by atoms with Crippen molar-refractivity contribution in [2.24, 2.45) is 32.7 Å². The van der Waals surface area contributed by atoms with E-state index in [1.54, 1.807) is 54.6 Å². The van der Waals surface area contributed by atoms with Gasteiger partial charge in [0.05, 0.1) is 31.8 Å². The molecule has 3 aliphatic carbocycles. The van der Waals surface area contributed by atoms with Gasteiger partial charge >= 0.3 is 0 Å². The number of nitro groups is 3. The van der Waals surface area contributed by atoms with Crippen molar-refractivity contribution in [3.05, 3.63) is 102 Å². The molecule has 15 nitrogen and oxygen atoms in total. The molecule has 0 aromatic heterocycles. The normalized spacial score (nSPS) is 21.4. The number of likely N-dealkylation sites (tertiary alicyclic amines) is 3. The van der Waals surface area contributed by atoms with Crippen molar-refractivity contribution in [1.82, 2.24) is 14.7 Å². The number of nitrogens with zero attached hydrogens (tertiary/aromatic N) is 9. The van der Waals surface area contributed by atoms with Gasteiger partial charge in [0, 0.05) is 91.9 Å². The third kappa shape index (κ3) is 13.8. The first kappa shape index (κ1) is 57.0. The second-order valence-corrected chi connectivity index (χ2v) is 24.1. The topological polar surface area (TPSA) is 176 Å². The number of benzene rings is 3. The molecule has 3 heterocycles. The first-order valence-corrected chi connectivity index (χ1v) is 28.5. The van der Waals surface area contributed by atoms with Crippen molar-refractivity contribution in [2.75, 3.05) is 19.6 Å². The SMILES string of the molecule is Cc1cc([N+](=O)[O-])ccc1N=C1CCC2(CCCC2)N1CC(C)C.Cc1cc([N+](=O)[O-])ccc1N=C1CCCC2(CCCC2)N1CC(C)C.Cc1cc([N+](=O)[O-])ccc1N=C1CCCCC2(CCCC2)N1CC(C)C. The molecular formula is C60H87N9O6. The van der Waals surface area contributed by atoms with Gasteiger partial charge in [0.25, 0.3) is 17.1 Å². The highest BCUT2D eigenvalue weighted by atomic mass is 16.6. The highest BCUT2D eigenvalue weighted by molar-refractivity contribution is 5.89. The van der Waals surface area contributed by atoms with Crippen LogP contribution in [0.25, 0.3) is 0 Å². The van der Waals surface area contributed by atoms with Crippen LogP contribution in [-0.2, 0) is 0 Å². The van der Waals surface area contributed by atoms with Gasteiger partial charge in [-0.2, -0.15) is 0 Å². The van der Waals surface area contributed by atoms with Crippen molar-refractivity contribution in [1.29, 1.82) is 0 Å². The summed E-state index contributed by atoms with van der Waals surface area (Å²) in [6, 6.07) is 15.0. The highest BCUT2D eigenvalue weighted by Crippen LogP contribution is 2.47. The number of amidine groups is 3. The molecule has 3 aliphatic heterocycles. The van der Waals surface area contributed by atoms with Gasteiger partial charge in [-0.25, -0.2) is 15.0 Å². The molecule has 408 valence electrons. The molecule has 0 bridgehead atoms. The van der Waals surface area contributed by atoms with E-state index in [0.29, 0.717) is 28.8 Å². The Kier molecular flexibility index (Phi) is 19.0. The van der Waals surface area contributed by atoms with E-state index in [0.717, 1.165) is 72.6 Å². The average molecular weight is 1030 g/mol. The number of aliphatic imine (C=N–C) groups is 3. The maximum atomic E-state index is 11.0. The summed E-state index contributed by atoms with van der Waals surface area (Å²) >= 11 is 0. The molecule has 0 unspecified atom stereocenters. The predicted octanol–water partition coefficient (Wildman–Crippen LogP) is 16.2. The van der Waals surface area contributed by atoms with Gasteiger partial charge in [-0.05, 0) is 144 Å². The zero-order valence-corrected chi connectivity index (χ0v) is 46.9. The molecule has 6 fully saturated rings. The Hall–Kier alpha value is -5.73. The second-order valence-electron chi connectivity index (χ2n) is 24.1. The van der Waals surface area contributed by atoms with E-state index in [2.05, 4.69) is 56.2 Å². The number of nitro benzene ring substituents is 3. The number of piperidine rings is 1. The van der Waals surface area contributed by atoms with Gasteiger partial charge in [-0.1, -0.05) is 86.5 Å². The molecule has 3 saturated heterocycles. The predicted molar refractivity (Wildman–Crippen MR) is 305 cm³/mol. The fourth-order valence-corrected chi connectivity index (χ4v) is 13.3. The van der Waals surface area contributed by atoms with Crippen LogP contribution in [0.4, 0.5) is 34.1 Å². The van der Waals surface area contributed by atoms with E-state index in [1.165, 1.54) is 133 Å². The summed E-state index contributed by atoms with van der Waals surface area (Å²) in [5, 5.41) is 32.9. The van der Waals surface area contributed by atoms with Crippen LogP contribution < -0.4 is 0 Å². The lowest BCUT2D eigenvalue weighted by molar-refractivity contribution is -0.385. The number of aryl methyl sites for hydroxylation is 3. The molecule has 3 spiro atoms. The van der Waals surface area contributed by atoms with E-state index in [9.17, 15) is 30.3 Å². The van der Waals surface area contributed by atoms with Crippen molar-refractivity contribution in [2.45, 2.75) is 214 Å². The minimum Gasteiger partial charge on any atom is -0.354 e. The fraction of sp³-hybridized carbons (Fsp3) is 0.650. The molecule has 0 amide bonds. The molecule has 75 heavy (non-hydrogen) atoms. The van der Waals surface area contributed by atoms with Crippen molar-refractivity contribution in [3.8, 4) is 0 Å². The van der Waals surface area contributed by atoms with Crippen molar-refractivity contribution < 1.29 is 14.8 Å². The number of hydrogen-bond donors (Lipinski definition) is 0. The lowest BCUT2D eigenvalue weighted by Crippen LogP contribution is -2.54. The summed E-state index contributed by atoms with van der Waals surface area (Å²) in [4.78, 5) is 54.6. The van der Waals surface area contributed by atoms with Crippen LogP contribution in [0.2, 0.25) is 0 Å². The third-order valence-corrected chi connectivity index (χ3v) is 17.0. The van der Waals surface area contributed by atoms with Crippen LogP contribution in [0, 0.1) is 68.9 Å². The van der Waals surface area contributed by atoms with Crippen LogP contribution >= 0.6 is 0 Å². The van der Waals surface area contributed by atoms with E-state index >= 15 is 0 Å². The number of hydrogen-bond acceptors (Lipinski definition) is 9. The van der Waals surface area contributed by atoms with Crippen LogP contribution in [0.15, 0.2) is 69.6 Å². The van der Waals surface area contributed by atoms with Gasteiger partial charge < -0.3 is 14.7 Å². The quantitative estimate of drug-likeness (QED) is 0.126. The van der Waals surface area contributed by atoms with E-state index < -0.39 is 0 Å². The van der Waals surface area contributed by atoms with Gasteiger partial charge in [0.2, 0.25) is 0 Å². The molecular weight excluding hydrogens is 943 g/mol. The summed E-state index contributed by atoms with van der Waals surface area (Å²) in [5.41, 5.74) is 6.52. The van der Waals surface area contributed by atoms with Crippen LogP contribution in [0.3, 0.4) is 0 Å². The molecule has 15 heteroatoms. The molecule has 3 aromatic carbocycles. The maximum absolute atomic E-state index is 11.0. The van der Waals surface area contributed by atoms with E-state index in [4.69, 9.17) is 15.0 Å². The lowest BCUT2D eigenvalue weighted by Gasteiger charge is -2.48. The summed E-state index contributed by atoms with van der Waals surface area (Å²) < 4.78 is 0. The smallest absolute Gasteiger partial charge is 0.269 e. The van der Waals surface area contributed by atoms with E-state index in [-0.39, 0.29) is 37.4 Å².